The van der Waals surface area contributed by atoms with Gasteiger partial charge >= 0.3 is 0 Å². The number of hydrogen-bond acceptors (Lipinski definition) is 2. The molecule has 1 unspecified atom stereocenters. The average molecular weight is 201 g/mol. The van der Waals surface area contributed by atoms with Gasteiger partial charge in [0.1, 0.15) is 0 Å². The highest BCUT2D eigenvalue weighted by Gasteiger charge is 2.20. The van der Waals surface area contributed by atoms with Gasteiger partial charge in [0.25, 0.3) is 0 Å². The first-order chi connectivity index (χ1) is 6.88. The van der Waals surface area contributed by atoms with Gasteiger partial charge in [0.2, 0.25) is 0 Å². The number of piperidine rings is 1. The van der Waals surface area contributed by atoms with Gasteiger partial charge < -0.3 is 4.74 Å². The molecule has 0 saturated carbocycles. The van der Waals surface area contributed by atoms with E-state index in [1.807, 2.05) is 13.8 Å². The molecule has 1 aliphatic heterocycles. The van der Waals surface area contributed by atoms with Crippen LogP contribution in [0, 0.1) is 0 Å². The second-order valence-electron chi connectivity index (χ2n) is 3.44. The van der Waals surface area contributed by atoms with Crippen LogP contribution in [0.2, 0.25) is 0 Å². The summed E-state index contributed by atoms with van der Waals surface area (Å²) in [7, 11) is 0. The fraction of sp³-hybridized carbons (Fsp3) is 1.00. The van der Waals surface area contributed by atoms with Crippen molar-refractivity contribution in [1.29, 1.82) is 0 Å². The summed E-state index contributed by atoms with van der Waals surface area (Å²) in [6.07, 6.45) is 4.08. The number of likely N-dealkylation sites (tertiary alicyclic amines) is 1. The monoisotopic (exact) mass is 201 g/mol. The van der Waals surface area contributed by atoms with E-state index < -0.39 is 0 Å². The zero-order chi connectivity index (χ0) is 10.8. The Balaban J connectivity index is 0.000000791. The molecule has 0 bridgehead atoms. The maximum Gasteiger partial charge on any atom is 0.0621 e. The molecule has 0 aromatic heterocycles. The van der Waals surface area contributed by atoms with Crippen molar-refractivity contribution in [2.24, 2.45) is 0 Å². The van der Waals surface area contributed by atoms with Crippen LogP contribution in [0.4, 0.5) is 0 Å². The third-order valence-corrected chi connectivity index (χ3v) is 2.67. The zero-order valence-corrected chi connectivity index (χ0v) is 10.4. The molecule has 0 N–H and O–H groups in total. The molecule has 0 aliphatic carbocycles. The summed E-state index contributed by atoms with van der Waals surface area (Å²) in [5, 5.41) is 0. The molecule has 1 aliphatic rings. The van der Waals surface area contributed by atoms with Gasteiger partial charge in [-0.2, -0.15) is 0 Å². The molecule has 2 heteroatoms. The third kappa shape index (κ3) is 4.97. The molecule has 0 amide bonds. The van der Waals surface area contributed by atoms with Gasteiger partial charge in [0.15, 0.2) is 0 Å². The van der Waals surface area contributed by atoms with Crippen molar-refractivity contribution in [3.63, 3.8) is 0 Å². The molecule has 1 atom stereocenters. The van der Waals surface area contributed by atoms with Gasteiger partial charge in [-0.1, -0.05) is 27.2 Å². The standard InChI is InChI=1S/C10H21NO.C2H6/c1-3-11-8-6-5-7-10(11)9-12-4-2;1-2/h10H,3-9H2,1-2H3;1-2H3. The van der Waals surface area contributed by atoms with Crippen LogP contribution < -0.4 is 0 Å². The molecule has 86 valence electrons. The second kappa shape index (κ2) is 9.47. The number of nitrogens with zero attached hydrogens (tertiary/aromatic N) is 1. The van der Waals surface area contributed by atoms with Crippen LogP contribution in [0.3, 0.4) is 0 Å². The Kier molecular flexibility index (Phi) is 9.42. The Morgan fingerprint density at radius 1 is 1.21 bits per heavy atom. The van der Waals surface area contributed by atoms with Gasteiger partial charge in [-0.25, -0.2) is 0 Å². The van der Waals surface area contributed by atoms with E-state index in [2.05, 4.69) is 18.7 Å². The van der Waals surface area contributed by atoms with Gasteiger partial charge in [0, 0.05) is 12.6 Å². The van der Waals surface area contributed by atoms with Crippen LogP contribution in [-0.4, -0.2) is 37.2 Å². The first-order valence-electron chi connectivity index (χ1n) is 6.20. The maximum atomic E-state index is 5.46. The highest BCUT2D eigenvalue weighted by atomic mass is 16.5. The van der Waals surface area contributed by atoms with E-state index in [9.17, 15) is 0 Å². The molecule has 0 aromatic rings. The Hall–Kier alpha value is -0.0800. The average Bonchev–Trinajstić information content (AvgIpc) is 2.29. The normalized spacial score (nSPS) is 22.7. The van der Waals surface area contributed by atoms with Crippen LogP contribution in [0.15, 0.2) is 0 Å². The number of likely N-dealkylation sites (N-methyl/N-ethyl adjacent to an activating group) is 1. The van der Waals surface area contributed by atoms with Crippen LogP contribution in [-0.2, 0) is 4.74 Å². The summed E-state index contributed by atoms with van der Waals surface area (Å²) in [5.74, 6) is 0. The van der Waals surface area contributed by atoms with Crippen molar-refractivity contribution < 1.29 is 4.74 Å². The Morgan fingerprint density at radius 3 is 2.50 bits per heavy atom. The van der Waals surface area contributed by atoms with E-state index in [4.69, 9.17) is 4.74 Å². The molecule has 0 spiro atoms. The van der Waals surface area contributed by atoms with Crippen LogP contribution in [0.1, 0.15) is 47.0 Å². The number of rotatable bonds is 4. The number of hydrogen-bond donors (Lipinski definition) is 0. The predicted octanol–water partition coefficient (Wildman–Crippen LogP) is 2.92. The second-order valence-corrected chi connectivity index (χ2v) is 3.44. The van der Waals surface area contributed by atoms with E-state index in [0.717, 1.165) is 13.2 Å². The van der Waals surface area contributed by atoms with E-state index in [1.165, 1.54) is 32.4 Å². The van der Waals surface area contributed by atoms with E-state index in [1.54, 1.807) is 0 Å². The van der Waals surface area contributed by atoms with E-state index in [0.29, 0.717) is 6.04 Å². The quantitative estimate of drug-likeness (QED) is 0.693. The summed E-state index contributed by atoms with van der Waals surface area (Å²) in [6.45, 7) is 12.5. The van der Waals surface area contributed by atoms with Crippen molar-refractivity contribution in [1.82, 2.24) is 4.90 Å². The van der Waals surface area contributed by atoms with Crippen LogP contribution >= 0.6 is 0 Å². The summed E-state index contributed by atoms with van der Waals surface area (Å²) in [5.41, 5.74) is 0. The summed E-state index contributed by atoms with van der Waals surface area (Å²) in [4.78, 5) is 2.54. The highest BCUT2D eigenvalue weighted by Crippen LogP contribution is 2.16. The first kappa shape index (κ1) is 13.9. The molecular formula is C12H27NO. The lowest BCUT2D eigenvalue weighted by molar-refractivity contribution is 0.0485. The minimum absolute atomic E-state index is 0.698. The molecule has 1 rings (SSSR count). The molecule has 0 aromatic carbocycles. The van der Waals surface area contributed by atoms with E-state index in [-0.39, 0.29) is 0 Å². The Labute approximate surface area is 89.6 Å². The zero-order valence-electron chi connectivity index (χ0n) is 10.4. The first-order valence-corrected chi connectivity index (χ1v) is 6.20. The third-order valence-electron chi connectivity index (χ3n) is 2.67. The highest BCUT2D eigenvalue weighted by molar-refractivity contribution is 4.75. The van der Waals surface area contributed by atoms with Crippen LogP contribution in [0.25, 0.3) is 0 Å². The van der Waals surface area contributed by atoms with Crippen molar-refractivity contribution in [2.75, 3.05) is 26.3 Å². The van der Waals surface area contributed by atoms with Crippen molar-refractivity contribution in [2.45, 2.75) is 53.0 Å². The minimum atomic E-state index is 0.698. The maximum absolute atomic E-state index is 5.46. The van der Waals surface area contributed by atoms with Crippen molar-refractivity contribution >= 4 is 0 Å². The van der Waals surface area contributed by atoms with Gasteiger partial charge in [-0.3, -0.25) is 4.90 Å². The largest absolute Gasteiger partial charge is 0.380 e. The SMILES string of the molecule is CC.CCOCC1CCCCN1CC. The van der Waals surface area contributed by atoms with Gasteiger partial charge in [0.05, 0.1) is 6.61 Å². The van der Waals surface area contributed by atoms with E-state index >= 15 is 0 Å². The lowest BCUT2D eigenvalue weighted by Crippen LogP contribution is -2.42. The molecule has 1 fully saturated rings. The molecule has 1 saturated heterocycles. The fourth-order valence-corrected chi connectivity index (χ4v) is 1.92. The topological polar surface area (TPSA) is 12.5 Å². The van der Waals surface area contributed by atoms with Gasteiger partial charge in [-0.15, -0.1) is 0 Å². The lowest BCUT2D eigenvalue weighted by atomic mass is 10.0. The fourth-order valence-electron chi connectivity index (χ4n) is 1.92. The smallest absolute Gasteiger partial charge is 0.0621 e. The lowest BCUT2D eigenvalue weighted by Gasteiger charge is -2.34. The molecular weight excluding hydrogens is 174 g/mol. The predicted molar refractivity (Wildman–Crippen MR) is 62.7 cm³/mol. The van der Waals surface area contributed by atoms with Crippen molar-refractivity contribution in [3.05, 3.63) is 0 Å². The Bertz CT molecular complexity index is 117. The molecule has 14 heavy (non-hydrogen) atoms. The molecule has 0 radical (unpaired) electrons. The number of ether oxygens (including phenoxy) is 1. The van der Waals surface area contributed by atoms with Crippen LogP contribution in [0.5, 0.6) is 0 Å². The van der Waals surface area contributed by atoms with Crippen molar-refractivity contribution in [3.8, 4) is 0 Å². The Morgan fingerprint density at radius 2 is 1.93 bits per heavy atom. The van der Waals surface area contributed by atoms with Gasteiger partial charge in [-0.05, 0) is 32.9 Å². The minimum Gasteiger partial charge on any atom is -0.380 e. The summed E-state index contributed by atoms with van der Waals surface area (Å²) < 4.78 is 5.46. The summed E-state index contributed by atoms with van der Waals surface area (Å²) >= 11 is 0. The molecule has 1 heterocycles. The summed E-state index contributed by atoms with van der Waals surface area (Å²) in [6, 6.07) is 0.698. The molecule has 2 nitrogen and oxygen atoms in total.